The molecule has 134 valence electrons. The lowest BCUT2D eigenvalue weighted by Crippen LogP contribution is -2.37. The van der Waals surface area contributed by atoms with E-state index in [0.29, 0.717) is 19.6 Å². The predicted molar refractivity (Wildman–Crippen MR) is 100 cm³/mol. The van der Waals surface area contributed by atoms with Crippen LogP contribution in [0.1, 0.15) is 37.0 Å². The number of hydrogen-bond acceptors (Lipinski definition) is 3. The van der Waals surface area contributed by atoms with Crippen LogP contribution in [-0.2, 0) is 11.3 Å². The third kappa shape index (κ3) is 4.99. The highest BCUT2D eigenvalue weighted by Gasteiger charge is 2.19. The van der Waals surface area contributed by atoms with E-state index >= 15 is 0 Å². The van der Waals surface area contributed by atoms with Gasteiger partial charge in [-0.25, -0.2) is 0 Å². The number of hydrogen-bond donors (Lipinski definition) is 1. The number of benzene rings is 2. The zero-order chi connectivity index (χ0) is 18.2. The first kappa shape index (κ1) is 18.8. The Hall–Kier alpha value is -2.49. The average Bonchev–Trinajstić information content (AvgIpc) is 2.62. The normalized spacial score (nSPS) is 11.7. The molecule has 2 aromatic carbocycles. The van der Waals surface area contributed by atoms with Crippen LogP contribution in [0.25, 0.3) is 0 Å². The van der Waals surface area contributed by atoms with Crippen LogP contribution in [0.2, 0.25) is 0 Å². The molecule has 0 saturated carbocycles. The number of rotatable bonds is 8. The highest BCUT2D eigenvalue weighted by molar-refractivity contribution is 5.81. The zero-order valence-electron chi connectivity index (χ0n) is 15.5. The molecule has 0 aliphatic rings. The Labute approximate surface area is 150 Å². The molecule has 25 heavy (non-hydrogen) atoms. The number of amides is 1. The molecule has 0 aliphatic heterocycles. The molecule has 0 spiro atoms. The Morgan fingerprint density at radius 1 is 1.04 bits per heavy atom. The maximum absolute atomic E-state index is 12.5. The summed E-state index contributed by atoms with van der Waals surface area (Å²) in [5.41, 5.74) is 3.17. The second-order valence-corrected chi connectivity index (χ2v) is 5.97. The van der Waals surface area contributed by atoms with Crippen LogP contribution >= 0.6 is 0 Å². The lowest BCUT2D eigenvalue weighted by Gasteiger charge is -2.19. The van der Waals surface area contributed by atoms with Gasteiger partial charge in [-0.05, 0) is 50.5 Å². The van der Waals surface area contributed by atoms with Crippen molar-refractivity contribution in [2.24, 2.45) is 0 Å². The molecule has 1 N–H and O–H groups in total. The van der Waals surface area contributed by atoms with Crippen molar-refractivity contribution in [3.05, 3.63) is 59.2 Å². The van der Waals surface area contributed by atoms with Crippen molar-refractivity contribution in [1.29, 1.82) is 0 Å². The lowest BCUT2D eigenvalue weighted by molar-refractivity contribution is -0.128. The van der Waals surface area contributed by atoms with E-state index in [1.54, 1.807) is 0 Å². The fraction of sp³-hybridized carbons (Fsp3) is 0.381. The predicted octanol–water partition coefficient (Wildman–Crippen LogP) is 4.18. The van der Waals surface area contributed by atoms with Gasteiger partial charge in [-0.2, -0.15) is 0 Å². The standard InChI is InChI=1S/C21H27NO3/c1-5-18(25-19-13-9-10-15(3)16(19)4)21(23)22-14-17-11-7-8-12-20(17)24-6-2/h7-13,18H,5-6,14H2,1-4H3,(H,22,23)/t18-/m0/s1. The smallest absolute Gasteiger partial charge is 0.261 e. The fourth-order valence-corrected chi connectivity index (χ4v) is 2.57. The Bertz CT molecular complexity index is 712. The first-order chi connectivity index (χ1) is 12.1. The molecule has 1 amide bonds. The number of nitrogens with one attached hydrogen (secondary N) is 1. The van der Waals surface area contributed by atoms with Gasteiger partial charge in [0, 0.05) is 12.1 Å². The van der Waals surface area contributed by atoms with Crippen LogP contribution in [-0.4, -0.2) is 18.6 Å². The molecule has 0 fully saturated rings. The van der Waals surface area contributed by atoms with E-state index < -0.39 is 6.10 Å². The minimum atomic E-state index is -0.514. The van der Waals surface area contributed by atoms with Crippen LogP contribution in [0, 0.1) is 13.8 Å². The molecule has 0 aliphatic carbocycles. The van der Waals surface area contributed by atoms with E-state index in [9.17, 15) is 4.79 Å². The number of aryl methyl sites for hydroxylation is 1. The zero-order valence-corrected chi connectivity index (χ0v) is 15.5. The van der Waals surface area contributed by atoms with Crippen molar-refractivity contribution in [1.82, 2.24) is 5.32 Å². The maximum Gasteiger partial charge on any atom is 0.261 e. The Balaban J connectivity index is 2.02. The van der Waals surface area contributed by atoms with Gasteiger partial charge in [0.05, 0.1) is 6.61 Å². The minimum absolute atomic E-state index is 0.116. The van der Waals surface area contributed by atoms with Gasteiger partial charge < -0.3 is 14.8 Å². The van der Waals surface area contributed by atoms with E-state index in [2.05, 4.69) is 5.32 Å². The second-order valence-electron chi connectivity index (χ2n) is 5.97. The van der Waals surface area contributed by atoms with Gasteiger partial charge in [0.25, 0.3) is 5.91 Å². The molecule has 0 bridgehead atoms. The van der Waals surface area contributed by atoms with E-state index in [4.69, 9.17) is 9.47 Å². The summed E-state index contributed by atoms with van der Waals surface area (Å²) in [5, 5.41) is 2.96. The summed E-state index contributed by atoms with van der Waals surface area (Å²) in [5.74, 6) is 1.44. The van der Waals surface area contributed by atoms with Gasteiger partial charge in [-0.1, -0.05) is 37.3 Å². The van der Waals surface area contributed by atoms with Crippen molar-refractivity contribution in [3.63, 3.8) is 0 Å². The number of para-hydroxylation sites is 1. The highest BCUT2D eigenvalue weighted by atomic mass is 16.5. The van der Waals surface area contributed by atoms with Gasteiger partial charge in [-0.15, -0.1) is 0 Å². The van der Waals surface area contributed by atoms with Crippen LogP contribution in [0.15, 0.2) is 42.5 Å². The highest BCUT2D eigenvalue weighted by Crippen LogP contribution is 2.23. The third-order valence-corrected chi connectivity index (χ3v) is 4.21. The Kier molecular flexibility index (Phi) is 6.87. The molecule has 4 nitrogen and oxygen atoms in total. The van der Waals surface area contributed by atoms with Crippen LogP contribution in [0.4, 0.5) is 0 Å². The molecule has 0 unspecified atom stereocenters. The van der Waals surface area contributed by atoms with Crippen molar-refractivity contribution in [2.75, 3.05) is 6.61 Å². The summed E-state index contributed by atoms with van der Waals surface area (Å²) in [7, 11) is 0. The van der Waals surface area contributed by atoms with Crippen molar-refractivity contribution < 1.29 is 14.3 Å². The monoisotopic (exact) mass is 341 g/mol. The van der Waals surface area contributed by atoms with Crippen LogP contribution < -0.4 is 14.8 Å². The molecular formula is C21H27NO3. The lowest BCUT2D eigenvalue weighted by atomic mass is 10.1. The summed E-state index contributed by atoms with van der Waals surface area (Å²) in [6.07, 6.45) is 0.0894. The van der Waals surface area contributed by atoms with Gasteiger partial charge in [0.1, 0.15) is 11.5 Å². The van der Waals surface area contributed by atoms with Crippen LogP contribution in [0.5, 0.6) is 11.5 Å². The molecule has 2 rings (SSSR count). The molecule has 0 saturated heterocycles. The van der Waals surface area contributed by atoms with Crippen molar-refractivity contribution >= 4 is 5.91 Å². The number of carbonyl (C=O) groups excluding carboxylic acids is 1. The second kappa shape index (κ2) is 9.11. The SMILES string of the molecule is CCOc1ccccc1CNC(=O)[C@H](CC)Oc1cccc(C)c1C. The van der Waals surface area contributed by atoms with Gasteiger partial charge in [0.15, 0.2) is 6.10 Å². The van der Waals surface area contributed by atoms with E-state index in [0.717, 1.165) is 28.2 Å². The largest absolute Gasteiger partial charge is 0.494 e. The van der Waals surface area contributed by atoms with E-state index in [-0.39, 0.29) is 5.91 Å². The van der Waals surface area contributed by atoms with Crippen molar-refractivity contribution in [2.45, 2.75) is 46.8 Å². The summed E-state index contributed by atoms with van der Waals surface area (Å²) < 4.78 is 11.6. The van der Waals surface area contributed by atoms with Crippen molar-refractivity contribution in [3.8, 4) is 11.5 Å². The van der Waals surface area contributed by atoms with E-state index in [1.807, 2.05) is 70.2 Å². The van der Waals surface area contributed by atoms with Gasteiger partial charge in [0.2, 0.25) is 0 Å². The topological polar surface area (TPSA) is 47.6 Å². The van der Waals surface area contributed by atoms with Gasteiger partial charge >= 0.3 is 0 Å². The average molecular weight is 341 g/mol. The number of ether oxygens (including phenoxy) is 2. The minimum Gasteiger partial charge on any atom is -0.494 e. The number of carbonyl (C=O) groups is 1. The van der Waals surface area contributed by atoms with Crippen LogP contribution in [0.3, 0.4) is 0 Å². The van der Waals surface area contributed by atoms with Gasteiger partial charge in [-0.3, -0.25) is 4.79 Å². The quantitative estimate of drug-likeness (QED) is 0.784. The third-order valence-electron chi connectivity index (χ3n) is 4.21. The molecular weight excluding hydrogens is 314 g/mol. The summed E-state index contributed by atoms with van der Waals surface area (Å²) >= 11 is 0. The molecule has 1 atom stereocenters. The fourth-order valence-electron chi connectivity index (χ4n) is 2.57. The summed E-state index contributed by atoms with van der Waals surface area (Å²) in [6, 6.07) is 13.6. The molecule has 0 heterocycles. The van der Waals surface area contributed by atoms with E-state index in [1.165, 1.54) is 0 Å². The maximum atomic E-state index is 12.5. The first-order valence-electron chi connectivity index (χ1n) is 8.78. The summed E-state index contributed by atoms with van der Waals surface area (Å²) in [4.78, 5) is 12.5. The Morgan fingerprint density at radius 2 is 1.76 bits per heavy atom. The first-order valence-corrected chi connectivity index (χ1v) is 8.78. The molecule has 0 radical (unpaired) electrons. The summed E-state index contributed by atoms with van der Waals surface area (Å²) in [6.45, 7) is 8.95. The molecule has 2 aromatic rings. The molecule has 4 heteroatoms. The Morgan fingerprint density at radius 3 is 2.48 bits per heavy atom. The molecule has 0 aromatic heterocycles.